The van der Waals surface area contributed by atoms with E-state index >= 15 is 0 Å². The molecular weight excluding hydrogens is 315 g/mol. The molecule has 0 saturated carbocycles. The highest BCUT2D eigenvalue weighted by atomic mass is 19.4. The molecule has 2 N–H and O–H groups in total. The van der Waals surface area contributed by atoms with Crippen LogP contribution in [0.5, 0.6) is 0 Å². The molecule has 2 unspecified atom stereocenters. The second-order valence-corrected chi connectivity index (χ2v) is 6.23. The summed E-state index contributed by atoms with van der Waals surface area (Å²) in [6.45, 7) is 0.0907. The van der Waals surface area contributed by atoms with E-state index in [0.29, 0.717) is 18.4 Å². The molecule has 1 heterocycles. The van der Waals surface area contributed by atoms with E-state index in [4.69, 9.17) is 5.11 Å². The molecule has 0 aliphatic carbocycles. The maximum absolute atomic E-state index is 12.9. The number of hydrogen-bond donors (Lipinski definition) is 2. The number of aliphatic hydroxyl groups is 1. The van der Waals surface area contributed by atoms with E-state index in [0.717, 1.165) is 23.7 Å². The number of rotatable bonds is 4. The van der Waals surface area contributed by atoms with Crippen LogP contribution in [-0.2, 0) is 12.6 Å². The van der Waals surface area contributed by atoms with Crippen LogP contribution >= 0.6 is 0 Å². The van der Waals surface area contributed by atoms with Crippen molar-refractivity contribution >= 4 is 5.69 Å². The number of anilines is 1. The topological polar surface area (TPSA) is 32.3 Å². The average molecular weight is 335 g/mol. The van der Waals surface area contributed by atoms with Crippen molar-refractivity contribution in [3.05, 3.63) is 65.2 Å². The summed E-state index contributed by atoms with van der Waals surface area (Å²) in [5.41, 5.74) is 1.96. The largest absolute Gasteiger partial charge is 0.416 e. The molecule has 0 saturated heterocycles. The van der Waals surface area contributed by atoms with Crippen molar-refractivity contribution in [2.75, 3.05) is 11.9 Å². The molecule has 1 aliphatic heterocycles. The predicted molar refractivity (Wildman–Crippen MR) is 87.8 cm³/mol. The van der Waals surface area contributed by atoms with Gasteiger partial charge in [-0.2, -0.15) is 13.2 Å². The molecule has 0 bridgehead atoms. The highest BCUT2D eigenvalue weighted by molar-refractivity contribution is 5.57. The van der Waals surface area contributed by atoms with Gasteiger partial charge in [-0.25, -0.2) is 0 Å². The molecule has 2 atom stereocenters. The van der Waals surface area contributed by atoms with Gasteiger partial charge in [0.1, 0.15) is 0 Å². The standard InChI is InChI=1S/C19H20F3NO/c20-19(21,22)16-8-9-17-15(12-16)11-14(7-4-10-24)18(23-17)13-5-2-1-3-6-13/h1-3,5-6,8-9,12,14,18,23-24H,4,7,10-11H2. The Balaban J connectivity index is 1.93. The van der Waals surface area contributed by atoms with Gasteiger partial charge in [0.25, 0.3) is 0 Å². The van der Waals surface area contributed by atoms with Crippen LogP contribution in [0.2, 0.25) is 0 Å². The van der Waals surface area contributed by atoms with Crippen molar-refractivity contribution in [1.29, 1.82) is 0 Å². The quantitative estimate of drug-likeness (QED) is 0.841. The Morgan fingerprint density at radius 2 is 1.83 bits per heavy atom. The molecule has 0 radical (unpaired) electrons. The lowest BCUT2D eigenvalue weighted by molar-refractivity contribution is -0.137. The van der Waals surface area contributed by atoms with Crippen LogP contribution in [0.1, 0.15) is 35.6 Å². The molecule has 0 aromatic heterocycles. The Hall–Kier alpha value is -2.01. The van der Waals surface area contributed by atoms with Gasteiger partial charge in [-0.05, 0) is 54.5 Å². The van der Waals surface area contributed by atoms with Crippen molar-refractivity contribution in [3.8, 4) is 0 Å². The first-order chi connectivity index (χ1) is 11.5. The molecule has 24 heavy (non-hydrogen) atoms. The van der Waals surface area contributed by atoms with Crippen LogP contribution < -0.4 is 5.32 Å². The van der Waals surface area contributed by atoms with Gasteiger partial charge in [-0.3, -0.25) is 0 Å². The zero-order valence-corrected chi connectivity index (χ0v) is 13.2. The molecule has 0 spiro atoms. The van der Waals surface area contributed by atoms with Crippen molar-refractivity contribution in [2.24, 2.45) is 5.92 Å². The molecule has 2 nitrogen and oxygen atoms in total. The Morgan fingerprint density at radius 1 is 1.08 bits per heavy atom. The monoisotopic (exact) mass is 335 g/mol. The minimum atomic E-state index is -4.33. The van der Waals surface area contributed by atoms with Gasteiger partial charge in [0.2, 0.25) is 0 Å². The summed E-state index contributed by atoms with van der Waals surface area (Å²) < 4.78 is 38.8. The van der Waals surface area contributed by atoms with Gasteiger partial charge < -0.3 is 10.4 Å². The van der Waals surface area contributed by atoms with E-state index in [-0.39, 0.29) is 18.6 Å². The molecule has 2 aromatic carbocycles. The summed E-state index contributed by atoms with van der Waals surface area (Å²) in [5, 5.41) is 12.5. The van der Waals surface area contributed by atoms with Crippen molar-refractivity contribution in [2.45, 2.75) is 31.5 Å². The molecule has 5 heteroatoms. The van der Waals surface area contributed by atoms with E-state index in [1.54, 1.807) is 0 Å². The maximum Gasteiger partial charge on any atom is 0.416 e. The molecule has 0 fully saturated rings. The Labute approximate surface area is 139 Å². The van der Waals surface area contributed by atoms with Crippen LogP contribution in [0.4, 0.5) is 18.9 Å². The SMILES string of the molecule is OCCCC1Cc2cc(C(F)(F)F)ccc2NC1c1ccccc1. The average Bonchev–Trinajstić information content (AvgIpc) is 2.58. The number of hydrogen-bond acceptors (Lipinski definition) is 2. The van der Waals surface area contributed by atoms with Crippen molar-refractivity contribution in [1.82, 2.24) is 0 Å². The summed E-state index contributed by atoms with van der Waals surface area (Å²) in [7, 11) is 0. The molecule has 3 rings (SSSR count). The van der Waals surface area contributed by atoms with Gasteiger partial charge in [0.15, 0.2) is 0 Å². The van der Waals surface area contributed by atoms with E-state index in [9.17, 15) is 13.2 Å². The molecule has 128 valence electrons. The minimum absolute atomic E-state index is 0.0435. The fourth-order valence-electron chi connectivity index (χ4n) is 3.40. The third-order valence-electron chi connectivity index (χ3n) is 4.59. The smallest absolute Gasteiger partial charge is 0.396 e. The lowest BCUT2D eigenvalue weighted by Crippen LogP contribution is -2.28. The van der Waals surface area contributed by atoms with Gasteiger partial charge in [-0.1, -0.05) is 30.3 Å². The first-order valence-electron chi connectivity index (χ1n) is 8.11. The highest BCUT2D eigenvalue weighted by Gasteiger charge is 2.34. The summed E-state index contributed by atoms with van der Waals surface area (Å²) in [5.74, 6) is 0.149. The third kappa shape index (κ3) is 3.56. The highest BCUT2D eigenvalue weighted by Crippen LogP contribution is 2.41. The first kappa shape index (κ1) is 16.8. The van der Waals surface area contributed by atoms with Crippen LogP contribution in [0.15, 0.2) is 48.5 Å². The number of aliphatic hydroxyl groups excluding tert-OH is 1. The van der Waals surface area contributed by atoms with Crippen LogP contribution in [-0.4, -0.2) is 11.7 Å². The fourth-order valence-corrected chi connectivity index (χ4v) is 3.40. The number of alkyl halides is 3. The lowest BCUT2D eigenvalue weighted by Gasteiger charge is -2.35. The normalized spacial score (nSPS) is 20.3. The summed E-state index contributed by atoms with van der Waals surface area (Å²) in [4.78, 5) is 0. The predicted octanol–water partition coefficient (Wildman–Crippen LogP) is 4.80. The number of benzene rings is 2. The molecule has 2 aromatic rings. The van der Waals surface area contributed by atoms with Crippen LogP contribution in [0, 0.1) is 5.92 Å². The van der Waals surface area contributed by atoms with Gasteiger partial charge in [0.05, 0.1) is 11.6 Å². The van der Waals surface area contributed by atoms with Gasteiger partial charge in [-0.15, -0.1) is 0 Å². The molecule has 0 amide bonds. The fraction of sp³-hybridized carbons (Fsp3) is 0.368. The van der Waals surface area contributed by atoms with E-state index in [2.05, 4.69) is 5.32 Å². The zero-order chi connectivity index (χ0) is 17.2. The summed E-state index contributed by atoms with van der Waals surface area (Å²) in [6.07, 6.45) is -2.35. The van der Waals surface area contributed by atoms with E-state index < -0.39 is 11.7 Å². The van der Waals surface area contributed by atoms with E-state index in [1.807, 2.05) is 30.3 Å². The van der Waals surface area contributed by atoms with Gasteiger partial charge >= 0.3 is 6.18 Å². The Bertz CT molecular complexity index is 685. The summed E-state index contributed by atoms with van der Waals surface area (Å²) >= 11 is 0. The first-order valence-corrected chi connectivity index (χ1v) is 8.11. The molecular formula is C19H20F3NO. The minimum Gasteiger partial charge on any atom is -0.396 e. The number of nitrogens with one attached hydrogen (secondary N) is 1. The zero-order valence-electron chi connectivity index (χ0n) is 13.2. The van der Waals surface area contributed by atoms with Crippen LogP contribution in [0.25, 0.3) is 0 Å². The number of halogens is 3. The van der Waals surface area contributed by atoms with Crippen molar-refractivity contribution in [3.63, 3.8) is 0 Å². The lowest BCUT2D eigenvalue weighted by atomic mass is 9.80. The Kier molecular flexibility index (Phi) is 4.81. The third-order valence-corrected chi connectivity index (χ3v) is 4.59. The van der Waals surface area contributed by atoms with E-state index in [1.165, 1.54) is 12.1 Å². The second kappa shape index (κ2) is 6.85. The summed E-state index contributed by atoms with van der Waals surface area (Å²) in [6, 6.07) is 13.9. The second-order valence-electron chi connectivity index (χ2n) is 6.23. The van der Waals surface area contributed by atoms with Crippen LogP contribution in [0.3, 0.4) is 0 Å². The number of fused-ring (bicyclic) bond motifs is 1. The van der Waals surface area contributed by atoms with Gasteiger partial charge in [0, 0.05) is 12.3 Å². The molecule has 1 aliphatic rings. The Morgan fingerprint density at radius 3 is 2.50 bits per heavy atom. The van der Waals surface area contributed by atoms with Crippen molar-refractivity contribution < 1.29 is 18.3 Å². The maximum atomic E-state index is 12.9.